The largest absolute Gasteiger partial charge is 0.492 e. The van der Waals surface area contributed by atoms with Crippen molar-refractivity contribution in [1.82, 2.24) is 4.90 Å². The van der Waals surface area contributed by atoms with Crippen LogP contribution in [0.15, 0.2) is 6.07 Å². The molecule has 2 unspecified atom stereocenters. The van der Waals surface area contributed by atoms with Crippen LogP contribution < -0.4 is 34.2 Å². The Labute approximate surface area is 216 Å². The van der Waals surface area contributed by atoms with Gasteiger partial charge in [0, 0.05) is 12.1 Å². The molecule has 0 radical (unpaired) electrons. The molecule has 2 N–H and O–H groups in total. The Morgan fingerprint density at radius 2 is 1.68 bits per heavy atom. The van der Waals surface area contributed by atoms with E-state index >= 15 is 0 Å². The highest BCUT2D eigenvalue weighted by molar-refractivity contribution is 6.03. The van der Waals surface area contributed by atoms with E-state index in [2.05, 4.69) is 11.8 Å². The zero-order valence-electron chi connectivity index (χ0n) is 22.0. The molecule has 2 atom stereocenters. The Morgan fingerprint density at radius 3 is 2.35 bits per heavy atom. The molecule has 0 aromatic heterocycles. The van der Waals surface area contributed by atoms with Crippen LogP contribution >= 0.6 is 0 Å². The van der Waals surface area contributed by atoms with Crippen molar-refractivity contribution in [2.24, 2.45) is 0 Å². The first-order chi connectivity index (χ1) is 18.0. The van der Waals surface area contributed by atoms with E-state index in [1.54, 1.807) is 7.11 Å². The molecule has 0 saturated carbocycles. The van der Waals surface area contributed by atoms with Crippen molar-refractivity contribution in [3.8, 4) is 34.5 Å². The van der Waals surface area contributed by atoms with Gasteiger partial charge in [-0.15, -0.1) is 0 Å². The summed E-state index contributed by atoms with van der Waals surface area (Å²) in [5, 5.41) is 0. The van der Waals surface area contributed by atoms with Crippen LogP contribution in [0.3, 0.4) is 0 Å². The van der Waals surface area contributed by atoms with Gasteiger partial charge in [0.05, 0.1) is 49.8 Å². The lowest BCUT2D eigenvalue weighted by Crippen LogP contribution is -2.39. The molecule has 10 nitrogen and oxygen atoms in total. The van der Waals surface area contributed by atoms with Gasteiger partial charge >= 0.3 is 5.97 Å². The average molecular weight is 515 g/mol. The number of methoxy groups -OCH3 is 1. The fraction of sp³-hybridized carbons (Fsp3) is 0.519. The number of nitrogens with two attached hydrogens (primary N) is 1. The van der Waals surface area contributed by atoms with E-state index in [4.69, 9.17) is 38.9 Å². The Bertz CT molecular complexity index is 1210. The fourth-order valence-corrected chi connectivity index (χ4v) is 5.61. The number of benzene rings is 2. The molecular formula is C27H34N2O8. The molecule has 0 saturated heterocycles. The van der Waals surface area contributed by atoms with Gasteiger partial charge in [0.2, 0.25) is 18.3 Å². The Hall–Kier alpha value is -3.53. The van der Waals surface area contributed by atoms with Gasteiger partial charge < -0.3 is 38.9 Å². The van der Waals surface area contributed by atoms with Gasteiger partial charge in [0.15, 0.2) is 29.1 Å². The van der Waals surface area contributed by atoms with E-state index in [1.165, 1.54) is 0 Å². The topological polar surface area (TPSA) is 111 Å². The smallest absolute Gasteiger partial charge is 0.341 e. The van der Waals surface area contributed by atoms with Crippen LogP contribution in [0.1, 0.15) is 66.9 Å². The summed E-state index contributed by atoms with van der Waals surface area (Å²) in [6, 6.07) is 1.62. The lowest BCUT2D eigenvalue weighted by Gasteiger charge is -2.40. The Morgan fingerprint density at radius 1 is 0.973 bits per heavy atom. The quantitative estimate of drug-likeness (QED) is 0.389. The van der Waals surface area contributed by atoms with Crippen LogP contribution in [0.2, 0.25) is 0 Å². The van der Waals surface area contributed by atoms with Crippen molar-refractivity contribution in [3.05, 3.63) is 28.3 Å². The van der Waals surface area contributed by atoms with Crippen molar-refractivity contribution in [1.29, 1.82) is 0 Å². The minimum absolute atomic E-state index is 0.126. The van der Waals surface area contributed by atoms with Crippen LogP contribution in [0, 0.1) is 0 Å². The highest BCUT2D eigenvalue weighted by Crippen LogP contribution is 2.59. The van der Waals surface area contributed by atoms with Gasteiger partial charge in [-0.25, -0.2) is 4.79 Å². The number of rotatable bonds is 9. The number of cyclic esters (lactones) is 1. The SMILES string of the molecule is CCOc1c(N)c2c(c(OCC)c1OCC)C(C1c3c(cc4c(c3OC)OCO4)CCN1CC)OC2=O. The van der Waals surface area contributed by atoms with E-state index in [-0.39, 0.29) is 24.1 Å². The zero-order valence-corrected chi connectivity index (χ0v) is 22.0. The summed E-state index contributed by atoms with van der Waals surface area (Å²) in [6.45, 7) is 10.3. The third-order valence-electron chi connectivity index (χ3n) is 7.03. The fourth-order valence-electron chi connectivity index (χ4n) is 5.61. The van der Waals surface area contributed by atoms with Gasteiger partial charge in [-0.2, -0.15) is 0 Å². The Kier molecular flexibility index (Phi) is 6.85. The molecule has 0 aliphatic carbocycles. The highest BCUT2D eigenvalue weighted by atomic mass is 16.7. The van der Waals surface area contributed by atoms with Crippen molar-refractivity contribution in [2.45, 2.75) is 46.3 Å². The summed E-state index contributed by atoms with van der Waals surface area (Å²) in [7, 11) is 1.61. The molecule has 0 fully saturated rings. The molecule has 200 valence electrons. The number of nitrogen functional groups attached to an aromatic ring is 1. The standard InChI is InChI=1S/C27H34N2O8/c1-6-29-11-10-14-12-15-21(36-13-35-15)23(31-5)16(14)20(29)22-18-17(27(30)37-22)19(28)25(33-8-3)26(34-9-4)24(18)32-7-2/h12,20,22H,6-11,13,28H2,1-5H3. The van der Waals surface area contributed by atoms with Gasteiger partial charge in [-0.3, -0.25) is 4.90 Å². The monoisotopic (exact) mass is 514 g/mol. The van der Waals surface area contributed by atoms with Crippen molar-refractivity contribution < 1.29 is 38.0 Å². The van der Waals surface area contributed by atoms with Crippen molar-refractivity contribution in [2.75, 3.05) is 52.5 Å². The second kappa shape index (κ2) is 10.1. The third-order valence-corrected chi connectivity index (χ3v) is 7.03. The summed E-state index contributed by atoms with van der Waals surface area (Å²) in [5.74, 6) is 2.35. The molecule has 37 heavy (non-hydrogen) atoms. The van der Waals surface area contributed by atoms with E-state index < -0.39 is 12.1 Å². The molecule has 5 rings (SSSR count). The summed E-state index contributed by atoms with van der Waals surface area (Å²) < 4.78 is 41.5. The van der Waals surface area contributed by atoms with E-state index in [1.807, 2.05) is 26.8 Å². The lowest BCUT2D eigenvalue weighted by atomic mass is 9.84. The number of carbonyl (C=O) groups is 1. The molecule has 3 aliphatic rings. The van der Waals surface area contributed by atoms with Gasteiger partial charge in [0.25, 0.3) is 0 Å². The molecule has 0 bridgehead atoms. The lowest BCUT2D eigenvalue weighted by molar-refractivity contribution is 0.00332. The maximum atomic E-state index is 13.4. The van der Waals surface area contributed by atoms with Gasteiger partial charge in [-0.1, -0.05) is 6.92 Å². The number of anilines is 1. The summed E-state index contributed by atoms with van der Waals surface area (Å²) in [4.78, 5) is 15.7. The van der Waals surface area contributed by atoms with Crippen LogP contribution in [-0.2, 0) is 11.2 Å². The van der Waals surface area contributed by atoms with E-state index in [0.717, 1.165) is 30.6 Å². The van der Waals surface area contributed by atoms with Crippen LogP contribution in [0.4, 0.5) is 5.69 Å². The minimum Gasteiger partial charge on any atom is -0.492 e. The number of nitrogens with zero attached hydrogens (tertiary/aromatic N) is 1. The molecule has 2 aromatic rings. The van der Waals surface area contributed by atoms with Gasteiger partial charge in [0.1, 0.15) is 0 Å². The second-order valence-electron chi connectivity index (χ2n) is 8.85. The Balaban J connectivity index is 1.77. The number of esters is 1. The summed E-state index contributed by atoms with van der Waals surface area (Å²) >= 11 is 0. The molecule has 10 heteroatoms. The molecule has 3 heterocycles. The van der Waals surface area contributed by atoms with Crippen molar-refractivity contribution >= 4 is 11.7 Å². The first kappa shape index (κ1) is 25.1. The highest BCUT2D eigenvalue weighted by Gasteiger charge is 2.49. The van der Waals surface area contributed by atoms with Gasteiger partial charge in [-0.05, 0) is 45.4 Å². The number of carbonyl (C=O) groups excluding carboxylic acids is 1. The maximum absolute atomic E-state index is 13.4. The van der Waals surface area contributed by atoms with E-state index in [0.29, 0.717) is 59.9 Å². The number of fused-ring (bicyclic) bond motifs is 3. The predicted molar refractivity (Wildman–Crippen MR) is 135 cm³/mol. The molecule has 0 spiro atoms. The second-order valence-corrected chi connectivity index (χ2v) is 8.85. The number of ether oxygens (including phenoxy) is 7. The normalized spacial score (nSPS) is 19.8. The minimum atomic E-state index is -0.727. The third kappa shape index (κ3) is 3.85. The molecule has 0 amide bonds. The average Bonchev–Trinajstić information content (AvgIpc) is 3.50. The summed E-state index contributed by atoms with van der Waals surface area (Å²) in [5.41, 5.74) is 9.52. The first-order valence-corrected chi connectivity index (χ1v) is 12.8. The van der Waals surface area contributed by atoms with Crippen LogP contribution in [0.5, 0.6) is 34.5 Å². The first-order valence-electron chi connectivity index (χ1n) is 12.8. The number of likely N-dealkylation sites (N-methyl/N-ethyl adjacent to an activating group) is 1. The predicted octanol–water partition coefficient (Wildman–Crippen LogP) is 4.03. The number of hydrogen-bond donors (Lipinski definition) is 1. The van der Waals surface area contributed by atoms with Crippen molar-refractivity contribution in [3.63, 3.8) is 0 Å². The maximum Gasteiger partial charge on any atom is 0.341 e. The molecular weight excluding hydrogens is 480 g/mol. The van der Waals surface area contributed by atoms with Crippen LogP contribution in [0.25, 0.3) is 0 Å². The number of hydrogen-bond acceptors (Lipinski definition) is 10. The van der Waals surface area contributed by atoms with E-state index in [9.17, 15) is 4.79 Å². The molecule has 2 aromatic carbocycles. The zero-order chi connectivity index (χ0) is 26.3. The summed E-state index contributed by atoms with van der Waals surface area (Å²) in [6.07, 6.45) is 0.0585. The van der Waals surface area contributed by atoms with Crippen LogP contribution in [-0.4, -0.2) is 57.7 Å². The molecule has 3 aliphatic heterocycles.